The fourth-order valence-electron chi connectivity index (χ4n) is 1.21. The minimum absolute atomic E-state index is 0.0722. The van der Waals surface area contributed by atoms with E-state index in [9.17, 15) is 14.9 Å². The highest BCUT2D eigenvalue weighted by Gasteiger charge is 2.18. The molecule has 0 aliphatic rings. The van der Waals surface area contributed by atoms with Crippen molar-refractivity contribution in [2.45, 2.75) is 13.8 Å². The summed E-state index contributed by atoms with van der Waals surface area (Å²) in [7, 11) is 0. The number of anilines is 1. The van der Waals surface area contributed by atoms with Gasteiger partial charge in [-0.25, -0.2) is 9.97 Å². The van der Waals surface area contributed by atoms with Gasteiger partial charge >= 0.3 is 11.7 Å². The SMILES string of the molecule is Cc1nc(NCC(=O)O)nc(C)c1[N+](=O)[O-]. The maximum atomic E-state index is 10.6. The van der Waals surface area contributed by atoms with Crippen molar-refractivity contribution < 1.29 is 14.8 Å². The van der Waals surface area contributed by atoms with E-state index in [-0.39, 0.29) is 29.6 Å². The first-order chi connectivity index (χ1) is 7.41. The molecule has 0 saturated heterocycles. The van der Waals surface area contributed by atoms with Crippen molar-refractivity contribution in [3.05, 3.63) is 21.5 Å². The molecule has 16 heavy (non-hydrogen) atoms. The molecule has 0 aliphatic heterocycles. The first-order valence-electron chi connectivity index (χ1n) is 4.37. The average molecular weight is 226 g/mol. The summed E-state index contributed by atoms with van der Waals surface area (Å²) in [6.45, 7) is 2.61. The Bertz CT molecular complexity index is 423. The third kappa shape index (κ3) is 2.62. The topological polar surface area (TPSA) is 118 Å². The molecule has 1 aromatic rings. The number of hydrogen-bond donors (Lipinski definition) is 2. The van der Waals surface area contributed by atoms with Gasteiger partial charge in [-0.15, -0.1) is 0 Å². The molecule has 0 spiro atoms. The van der Waals surface area contributed by atoms with E-state index in [1.54, 1.807) is 0 Å². The van der Waals surface area contributed by atoms with Gasteiger partial charge in [-0.1, -0.05) is 0 Å². The second-order valence-corrected chi connectivity index (χ2v) is 3.07. The molecular weight excluding hydrogens is 216 g/mol. The van der Waals surface area contributed by atoms with E-state index in [1.165, 1.54) is 13.8 Å². The number of aromatic nitrogens is 2. The number of hydrogen-bond acceptors (Lipinski definition) is 6. The Morgan fingerprint density at radius 2 is 1.94 bits per heavy atom. The summed E-state index contributed by atoms with van der Waals surface area (Å²) in [6.07, 6.45) is 0. The Labute approximate surface area is 90.5 Å². The van der Waals surface area contributed by atoms with E-state index >= 15 is 0 Å². The molecule has 0 amide bonds. The van der Waals surface area contributed by atoms with Crippen LogP contribution in [-0.4, -0.2) is 32.5 Å². The van der Waals surface area contributed by atoms with Crippen molar-refractivity contribution in [2.24, 2.45) is 0 Å². The Morgan fingerprint density at radius 3 is 2.31 bits per heavy atom. The van der Waals surface area contributed by atoms with Gasteiger partial charge in [0.15, 0.2) is 0 Å². The highest BCUT2D eigenvalue weighted by Crippen LogP contribution is 2.20. The molecule has 1 heterocycles. The van der Waals surface area contributed by atoms with Gasteiger partial charge in [0.1, 0.15) is 17.9 Å². The first-order valence-corrected chi connectivity index (χ1v) is 4.37. The number of nitrogens with zero attached hydrogens (tertiary/aromatic N) is 3. The van der Waals surface area contributed by atoms with Crippen molar-refractivity contribution >= 4 is 17.6 Å². The van der Waals surface area contributed by atoms with E-state index in [0.717, 1.165) is 0 Å². The van der Waals surface area contributed by atoms with Crippen LogP contribution in [0.3, 0.4) is 0 Å². The van der Waals surface area contributed by atoms with Crippen LogP contribution in [0.2, 0.25) is 0 Å². The zero-order chi connectivity index (χ0) is 12.3. The van der Waals surface area contributed by atoms with E-state index in [4.69, 9.17) is 5.11 Å². The molecule has 8 heteroatoms. The zero-order valence-electron chi connectivity index (χ0n) is 8.72. The number of nitro groups is 1. The fourth-order valence-corrected chi connectivity index (χ4v) is 1.21. The highest BCUT2D eigenvalue weighted by molar-refractivity contribution is 5.71. The predicted octanol–water partition coefficient (Wildman–Crippen LogP) is 0.498. The van der Waals surface area contributed by atoms with Gasteiger partial charge in [-0.3, -0.25) is 14.9 Å². The maximum absolute atomic E-state index is 10.6. The number of carboxylic acids is 1. The van der Waals surface area contributed by atoms with E-state index < -0.39 is 10.9 Å². The van der Waals surface area contributed by atoms with Crippen molar-refractivity contribution in [2.75, 3.05) is 11.9 Å². The van der Waals surface area contributed by atoms with Crippen molar-refractivity contribution in [1.29, 1.82) is 0 Å². The number of aryl methyl sites for hydroxylation is 2. The maximum Gasteiger partial charge on any atom is 0.322 e. The Kier molecular flexibility index (Phi) is 3.33. The van der Waals surface area contributed by atoms with Crippen LogP contribution < -0.4 is 5.32 Å². The van der Waals surface area contributed by atoms with Gasteiger partial charge < -0.3 is 10.4 Å². The van der Waals surface area contributed by atoms with Crippen LogP contribution in [0.15, 0.2) is 0 Å². The van der Waals surface area contributed by atoms with Crippen LogP contribution in [0.5, 0.6) is 0 Å². The summed E-state index contributed by atoms with van der Waals surface area (Å²) in [5.74, 6) is -0.986. The lowest BCUT2D eigenvalue weighted by atomic mass is 10.3. The minimum Gasteiger partial charge on any atom is -0.480 e. The number of rotatable bonds is 4. The molecule has 0 aliphatic carbocycles. The molecular formula is C8H10N4O4. The summed E-state index contributed by atoms with van der Waals surface area (Å²) in [5, 5.41) is 21.5. The zero-order valence-corrected chi connectivity index (χ0v) is 8.72. The average Bonchev–Trinajstić information content (AvgIpc) is 2.12. The largest absolute Gasteiger partial charge is 0.480 e. The van der Waals surface area contributed by atoms with Crippen molar-refractivity contribution in [3.63, 3.8) is 0 Å². The number of carbonyl (C=O) groups is 1. The highest BCUT2D eigenvalue weighted by atomic mass is 16.6. The molecule has 0 bridgehead atoms. The molecule has 0 unspecified atom stereocenters. The third-order valence-corrected chi connectivity index (χ3v) is 1.81. The second kappa shape index (κ2) is 4.51. The molecule has 0 aromatic carbocycles. The van der Waals surface area contributed by atoms with Gasteiger partial charge in [0.05, 0.1) is 4.92 Å². The molecule has 2 N–H and O–H groups in total. The Hall–Kier alpha value is -2.25. The Morgan fingerprint density at radius 1 is 1.44 bits per heavy atom. The van der Waals surface area contributed by atoms with Crippen LogP contribution in [0.25, 0.3) is 0 Å². The molecule has 1 rings (SSSR count). The van der Waals surface area contributed by atoms with Crippen LogP contribution >= 0.6 is 0 Å². The summed E-state index contributed by atoms with van der Waals surface area (Å²) in [5.41, 5.74) is 0.247. The quantitative estimate of drug-likeness (QED) is 0.566. The lowest BCUT2D eigenvalue weighted by Gasteiger charge is -2.05. The fraction of sp³-hybridized carbons (Fsp3) is 0.375. The number of carboxylic acid groups (broad SMARTS) is 1. The van der Waals surface area contributed by atoms with Gasteiger partial charge in [-0.2, -0.15) is 0 Å². The van der Waals surface area contributed by atoms with E-state index in [2.05, 4.69) is 15.3 Å². The second-order valence-electron chi connectivity index (χ2n) is 3.07. The van der Waals surface area contributed by atoms with E-state index in [0.29, 0.717) is 0 Å². The van der Waals surface area contributed by atoms with Crippen LogP contribution in [0.1, 0.15) is 11.4 Å². The first kappa shape index (κ1) is 11.8. The molecule has 1 aromatic heterocycles. The predicted molar refractivity (Wildman–Crippen MR) is 54.3 cm³/mol. The smallest absolute Gasteiger partial charge is 0.322 e. The van der Waals surface area contributed by atoms with Gasteiger partial charge in [0.2, 0.25) is 5.95 Å². The minimum atomic E-state index is -1.06. The van der Waals surface area contributed by atoms with Gasteiger partial charge in [0.25, 0.3) is 0 Å². The summed E-state index contributed by atoms with van der Waals surface area (Å²) in [6, 6.07) is 0. The van der Waals surface area contributed by atoms with Crippen LogP contribution in [-0.2, 0) is 4.79 Å². The molecule has 0 atom stereocenters. The van der Waals surface area contributed by atoms with Crippen molar-refractivity contribution in [1.82, 2.24) is 9.97 Å². The molecule has 8 nitrogen and oxygen atoms in total. The van der Waals surface area contributed by atoms with Gasteiger partial charge in [-0.05, 0) is 13.8 Å². The lowest BCUT2D eigenvalue weighted by molar-refractivity contribution is -0.386. The van der Waals surface area contributed by atoms with Crippen molar-refractivity contribution in [3.8, 4) is 0 Å². The van der Waals surface area contributed by atoms with Gasteiger partial charge in [0, 0.05) is 0 Å². The number of aliphatic carboxylic acids is 1. The molecule has 0 radical (unpaired) electrons. The summed E-state index contributed by atoms with van der Waals surface area (Å²) < 4.78 is 0. The summed E-state index contributed by atoms with van der Waals surface area (Å²) >= 11 is 0. The lowest BCUT2D eigenvalue weighted by Crippen LogP contribution is -2.15. The van der Waals surface area contributed by atoms with Crippen LogP contribution in [0, 0.1) is 24.0 Å². The Balaban J connectivity index is 3.00. The standard InChI is InChI=1S/C8H10N4O4/c1-4-7(12(15)16)5(2)11-8(10-4)9-3-6(13)14/h3H2,1-2H3,(H,13,14)(H,9,10,11). The monoisotopic (exact) mass is 226 g/mol. The molecule has 0 saturated carbocycles. The summed E-state index contributed by atoms with van der Waals surface area (Å²) in [4.78, 5) is 28.0. The normalized spacial score (nSPS) is 9.88. The number of nitrogens with one attached hydrogen (secondary N) is 1. The van der Waals surface area contributed by atoms with E-state index in [1.807, 2.05) is 0 Å². The molecule has 86 valence electrons. The molecule has 0 fully saturated rings. The third-order valence-electron chi connectivity index (χ3n) is 1.81. The van der Waals surface area contributed by atoms with Crippen LogP contribution in [0.4, 0.5) is 11.6 Å².